The van der Waals surface area contributed by atoms with Gasteiger partial charge in [-0.2, -0.15) is 0 Å². The molecule has 2 atom stereocenters. The molecule has 0 aromatic heterocycles. The van der Waals surface area contributed by atoms with Gasteiger partial charge in [-0.05, 0) is 42.3 Å². The van der Waals surface area contributed by atoms with Crippen LogP contribution >= 0.6 is 0 Å². The smallest absolute Gasteiger partial charge is 0.227 e. The summed E-state index contributed by atoms with van der Waals surface area (Å²) in [5.74, 6) is -0.768. The molecule has 0 radical (unpaired) electrons. The Hall–Kier alpha value is -2.47. The molecular formula is C19H19F2NO3. The number of ether oxygens (including phenoxy) is 1. The second kappa shape index (κ2) is 7.19. The summed E-state index contributed by atoms with van der Waals surface area (Å²) >= 11 is 0. The van der Waals surface area contributed by atoms with Gasteiger partial charge in [0.25, 0.3) is 0 Å². The summed E-state index contributed by atoms with van der Waals surface area (Å²) in [6.07, 6.45) is -0.483. The molecule has 25 heavy (non-hydrogen) atoms. The number of likely N-dealkylation sites (tertiary alicyclic amines) is 1. The van der Waals surface area contributed by atoms with Crippen molar-refractivity contribution in [3.05, 3.63) is 65.2 Å². The molecule has 1 amide bonds. The van der Waals surface area contributed by atoms with E-state index >= 15 is 0 Å². The fourth-order valence-electron chi connectivity index (χ4n) is 3.21. The number of benzene rings is 2. The van der Waals surface area contributed by atoms with Gasteiger partial charge >= 0.3 is 0 Å². The normalized spacial score (nSPS) is 19.9. The summed E-state index contributed by atoms with van der Waals surface area (Å²) in [5.41, 5.74) is 0.847. The first-order valence-corrected chi connectivity index (χ1v) is 8.03. The zero-order valence-corrected chi connectivity index (χ0v) is 13.8. The van der Waals surface area contributed by atoms with E-state index in [0.29, 0.717) is 5.75 Å². The van der Waals surface area contributed by atoms with Crippen LogP contribution in [-0.4, -0.2) is 35.7 Å². The van der Waals surface area contributed by atoms with E-state index in [4.69, 9.17) is 4.74 Å². The van der Waals surface area contributed by atoms with Crippen LogP contribution in [0.3, 0.4) is 0 Å². The Balaban J connectivity index is 1.83. The molecule has 132 valence electrons. The molecule has 2 aromatic carbocycles. The number of methoxy groups -OCH3 is 1. The quantitative estimate of drug-likeness (QED) is 0.925. The Morgan fingerprint density at radius 1 is 1.28 bits per heavy atom. The number of nitrogens with zero attached hydrogens (tertiary/aromatic N) is 1. The fourth-order valence-corrected chi connectivity index (χ4v) is 3.21. The molecule has 0 aliphatic carbocycles. The standard InChI is InChI=1S/C19H19F2NO3/c1-25-15-4-2-3-12(7-15)8-19(24)22-11-14(23)10-18(22)16-9-13(20)5-6-17(16)21/h2-7,9,14,18,23H,8,10-11H2,1H3/t14-,18+/m0/s1. The molecule has 6 heteroatoms. The van der Waals surface area contributed by atoms with E-state index in [2.05, 4.69) is 0 Å². The van der Waals surface area contributed by atoms with E-state index < -0.39 is 23.8 Å². The maximum atomic E-state index is 14.1. The molecule has 0 spiro atoms. The van der Waals surface area contributed by atoms with Gasteiger partial charge in [0.1, 0.15) is 17.4 Å². The third-order valence-electron chi connectivity index (χ3n) is 4.41. The van der Waals surface area contributed by atoms with Crippen molar-refractivity contribution < 1.29 is 23.4 Å². The van der Waals surface area contributed by atoms with Crippen molar-refractivity contribution >= 4 is 5.91 Å². The number of hydrogen-bond acceptors (Lipinski definition) is 3. The number of carbonyl (C=O) groups excluding carboxylic acids is 1. The van der Waals surface area contributed by atoms with Crippen molar-refractivity contribution in [1.82, 2.24) is 4.90 Å². The maximum Gasteiger partial charge on any atom is 0.227 e. The minimum atomic E-state index is -0.762. The Bertz CT molecular complexity index is 781. The lowest BCUT2D eigenvalue weighted by Gasteiger charge is -2.25. The molecule has 1 fully saturated rings. The molecule has 1 saturated heterocycles. The highest BCUT2D eigenvalue weighted by Gasteiger charge is 2.36. The summed E-state index contributed by atoms with van der Waals surface area (Å²) in [6, 6.07) is 9.59. The molecule has 4 nitrogen and oxygen atoms in total. The Morgan fingerprint density at radius 2 is 2.08 bits per heavy atom. The Kier molecular flexibility index (Phi) is 4.99. The largest absolute Gasteiger partial charge is 0.497 e. The van der Waals surface area contributed by atoms with E-state index in [9.17, 15) is 18.7 Å². The number of β-amino-alcohol motifs (C(OH)–C–C–N with tert-alkyl or cyclic N) is 1. The van der Waals surface area contributed by atoms with Gasteiger partial charge in [-0.15, -0.1) is 0 Å². The van der Waals surface area contributed by atoms with Gasteiger partial charge in [0.05, 0.1) is 25.7 Å². The monoisotopic (exact) mass is 347 g/mol. The van der Waals surface area contributed by atoms with Gasteiger partial charge < -0.3 is 14.7 Å². The van der Waals surface area contributed by atoms with Gasteiger partial charge in [0, 0.05) is 12.1 Å². The summed E-state index contributed by atoms with van der Waals surface area (Å²) in [4.78, 5) is 14.1. The number of aliphatic hydroxyl groups excluding tert-OH is 1. The van der Waals surface area contributed by atoms with Crippen LogP contribution in [0.2, 0.25) is 0 Å². The number of halogens is 2. The summed E-state index contributed by atoms with van der Waals surface area (Å²) in [5, 5.41) is 9.96. The Morgan fingerprint density at radius 3 is 2.84 bits per heavy atom. The highest BCUT2D eigenvalue weighted by atomic mass is 19.1. The van der Waals surface area contributed by atoms with Crippen molar-refractivity contribution in [2.75, 3.05) is 13.7 Å². The molecule has 2 aromatic rings. The maximum absolute atomic E-state index is 14.1. The molecule has 0 saturated carbocycles. The summed E-state index contributed by atoms with van der Waals surface area (Å²) in [6.45, 7) is 0.101. The van der Waals surface area contributed by atoms with E-state index in [1.54, 1.807) is 31.4 Å². The molecule has 1 aliphatic rings. The van der Waals surface area contributed by atoms with Crippen LogP contribution in [0.25, 0.3) is 0 Å². The average Bonchev–Trinajstić information content (AvgIpc) is 2.99. The van der Waals surface area contributed by atoms with Gasteiger partial charge in [-0.25, -0.2) is 8.78 Å². The minimum absolute atomic E-state index is 0.0931. The molecule has 0 bridgehead atoms. The van der Waals surface area contributed by atoms with Crippen LogP contribution in [0, 0.1) is 11.6 Å². The molecule has 1 aliphatic heterocycles. The van der Waals surface area contributed by atoms with E-state index in [0.717, 1.165) is 23.8 Å². The first-order chi connectivity index (χ1) is 12.0. The zero-order valence-electron chi connectivity index (χ0n) is 13.8. The van der Waals surface area contributed by atoms with Crippen LogP contribution < -0.4 is 4.74 Å². The lowest BCUT2D eigenvalue weighted by atomic mass is 10.0. The molecule has 3 rings (SSSR count). The molecule has 0 unspecified atom stereocenters. The second-order valence-corrected chi connectivity index (χ2v) is 6.15. The van der Waals surface area contributed by atoms with Crippen LogP contribution in [0.4, 0.5) is 8.78 Å². The van der Waals surface area contributed by atoms with Gasteiger partial charge in [0.2, 0.25) is 5.91 Å². The average molecular weight is 347 g/mol. The first kappa shape index (κ1) is 17.4. The van der Waals surface area contributed by atoms with Crippen LogP contribution in [0.1, 0.15) is 23.6 Å². The molecule has 1 heterocycles. The van der Waals surface area contributed by atoms with Gasteiger partial charge in [-0.3, -0.25) is 4.79 Å². The molecule has 1 N–H and O–H groups in total. The van der Waals surface area contributed by atoms with E-state index in [1.165, 1.54) is 4.90 Å². The predicted octanol–water partition coefficient (Wildman–Crippen LogP) is 2.85. The molecular weight excluding hydrogens is 328 g/mol. The number of aliphatic hydroxyl groups is 1. The van der Waals surface area contributed by atoms with Crippen molar-refractivity contribution in [2.24, 2.45) is 0 Å². The summed E-state index contributed by atoms with van der Waals surface area (Å²) < 4.78 is 32.8. The number of hydrogen-bond donors (Lipinski definition) is 1. The third kappa shape index (κ3) is 3.79. The van der Waals surface area contributed by atoms with Crippen molar-refractivity contribution in [3.63, 3.8) is 0 Å². The SMILES string of the molecule is COc1cccc(CC(=O)N2C[C@@H](O)C[C@@H]2c2cc(F)ccc2F)c1. The van der Waals surface area contributed by atoms with Crippen LogP contribution in [-0.2, 0) is 11.2 Å². The van der Waals surface area contributed by atoms with Gasteiger partial charge in [0.15, 0.2) is 0 Å². The number of carbonyl (C=O) groups is 1. The zero-order chi connectivity index (χ0) is 18.0. The minimum Gasteiger partial charge on any atom is -0.497 e. The van der Waals surface area contributed by atoms with E-state index in [-0.39, 0.29) is 30.9 Å². The van der Waals surface area contributed by atoms with Crippen molar-refractivity contribution in [2.45, 2.75) is 25.0 Å². The van der Waals surface area contributed by atoms with Crippen LogP contribution in [0.15, 0.2) is 42.5 Å². The van der Waals surface area contributed by atoms with E-state index in [1.807, 2.05) is 0 Å². The summed E-state index contributed by atoms with van der Waals surface area (Å²) in [7, 11) is 1.54. The lowest BCUT2D eigenvalue weighted by Crippen LogP contribution is -2.33. The third-order valence-corrected chi connectivity index (χ3v) is 4.41. The van der Waals surface area contributed by atoms with Crippen molar-refractivity contribution in [1.29, 1.82) is 0 Å². The lowest BCUT2D eigenvalue weighted by molar-refractivity contribution is -0.131. The predicted molar refractivity (Wildman–Crippen MR) is 88.1 cm³/mol. The second-order valence-electron chi connectivity index (χ2n) is 6.15. The van der Waals surface area contributed by atoms with Crippen molar-refractivity contribution in [3.8, 4) is 5.75 Å². The first-order valence-electron chi connectivity index (χ1n) is 8.03. The topological polar surface area (TPSA) is 49.8 Å². The van der Waals surface area contributed by atoms with Crippen LogP contribution in [0.5, 0.6) is 5.75 Å². The Labute approximate surface area is 144 Å². The fraction of sp³-hybridized carbons (Fsp3) is 0.316. The number of amides is 1. The number of rotatable bonds is 4. The highest BCUT2D eigenvalue weighted by Crippen LogP contribution is 2.34. The highest BCUT2D eigenvalue weighted by molar-refractivity contribution is 5.79. The van der Waals surface area contributed by atoms with Gasteiger partial charge in [-0.1, -0.05) is 12.1 Å².